The normalized spacial score (nSPS) is 15.9. The molecule has 1 aliphatic heterocycles. The van der Waals surface area contributed by atoms with Crippen molar-refractivity contribution in [3.8, 4) is 0 Å². The highest BCUT2D eigenvalue weighted by molar-refractivity contribution is 7.89. The molecule has 1 amide bonds. The number of sulfonamides is 1. The molecule has 0 aromatic heterocycles. The van der Waals surface area contributed by atoms with Gasteiger partial charge >= 0.3 is 0 Å². The molecule has 22 heavy (non-hydrogen) atoms. The number of nitrogens with one attached hydrogen (secondary N) is 1. The van der Waals surface area contributed by atoms with Crippen LogP contribution in [-0.4, -0.2) is 38.3 Å². The Hall–Kier alpha value is -1.11. The van der Waals surface area contributed by atoms with E-state index in [9.17, 15) is 13.2 Å². The summed E-state index contributed by atoms with van der Waals surface area (Å²) in [4.78, 5) is 12.3. The van der Waals surface area contributed by atoms with E-state index in [0.717, 1.165) is 25.7 Å². The van der Waals surface area contributed by atoms with Crippen molar-refractivity contribution in [1.29, 1.82) is 0 Å². The molecular formula is C15H21ClN2O3S. The lowest BCUT2D eigenvalue weighted by Gasteiger charge is -2.16. The number of carbonyl (C=O) groups excluding carboxylic acids is 1. The van der Waals surface area contributed by atoms with Gasteiger partial charge in [-0.3, -0.25) is 4.79 Å². The van der Waals surface area contributed by atoms with Gasteiger partial charge in [-0.15, -0.1) is 0 Å². The third kappa shape index (κ3) is 3.80. The molecule has 1 fully saturated rings. The molecule has 2 rings (SSSR count). The summed E-state index contributed by atoms with van der Waals surface area (Å²) in [7, 11) is -3.54. The van der Waals surface area contributed by atoms with Crippen molar-refractivity contribution >= 4 is 27.5 Å². The van der Waals surface area contributed by atoms with E-state index in [1.165, 1.54) is 22.5 Å². The molecule has 1 aromatic carbocycles. The van der Waals surface area contributed by atoms with Gasteiger partial charge in [0.15, 0.2) is 0 Å². The maximum absolute atomic E-state index is 12.5. The zero-order valence-corrected chi connectivity index (χ0v) is 14.2. The molecule has 0 radical (unpaired) electrons. The second kappa shape index (κ2) is 7.44. The fourth-order valence-electron chi connectivity index (χ4n) is 2.39. The molecule has 0 bridgehead atoms. The molecule has 1 saturated heterocycles. The average molecular weight is 345 g/mol. The van der Waals surface area contributed by atoms with Crippen LogP contribution in [-0.2, 0) is 10.0 Å². The van der Waals surface area contributed by atoms with Gasteiger partial charge in [-0.2, -0.15) is 4.31 Å². The van der Waals surface area contributed by atoms with Gasteiger partial charge in [0.05, 0.1) is 15.5 Å². The number of nitrogens with zero attached hydrogens (tertiary/aromatic N) is 1. The third-order valence-electron chi connectivity index (χ3n) is 3.70. The topological polar surface area (TPSA) is 66.5 Å². The van der Waals surface area contributed by atoms with Gasteiger partial charge < -0.3 is 5.32 Å². The summed E-state index contributed by atoms with van der Waals surface area (Å²) in [6.45, 7) is 3.64. The van der Waals surface area contributed by atoms with Crippen LogP contribution in [0.3, 0.4) is 0 Å². The highest BCUT2D eigenvalue weighted by Gasteiger charge is 2.28. The molecule has 0 saturated carbocycles. The van der Waals surface area contributed by atoms with Crippen molar-refractivity contribution in [3.05, 3.63) is 28.8 Å². The quantitative estimate of drug-likeness (QED) is 0.807. The second-order valence-corrected chi connectivity index (χ2v) is 7.71. The number of rotatable bonds is 6. The van der Waals surface area contributed by atoms with Crippen LogP contribution in [0.15, 0.2) is 23.1 Å². The molecule has 7 heteroatoms. The van der Waals surface area contributed by atoms with E-state index in [4.69, 9.17) is 11.6 Å². The van der Waals surface area contributed by atoms with Crippen molar-refractivity contribution in [2.24, 2.45) is 0 Å². The number of hydrogen-bond donors (Lipinski definition) is 1. The fraction of sp³-hybridized carbons (Fsp3) is 0.533. The fourth-order valence-corrected chi connectivity index (χ4v) is 4.14. The lowest BCUT2D eigenvalue weighted by molar-refractivity contribution is 0.0953. The maximum atomic E-state index is 12.5. The third-order valence-corrected chi connectivity index (χ3v) is 5.93. The van der Waals surface area contributed by atoms with Crippen LogP contribution in [0.25, 0.3) is 0 Å². The van der Waals surface area contributed by atoms with Crippen LogP contribution in [0.2, 0.25) is 5.02 Å². The van der Waals surface area contributed by atoms with Crippen molar-refractivity contribution in [3.63, 3.8) is 0 Å². The van der Waals surface area contributed by atoms with Gasteiger partial charge in [0, 0.05) is 19.6 Å². The molecule has 1 heterocycles. The molecule has 0 spiro atoms. The minimum atomic E-state index is -3.54. The zero-order chi connectivity index (χ0) is 16.2. The molecule has 0 atom stereocenters. The zero-order valence-electron chi connectivity index (χ0n) is 12.6. The Balaban J connectivity index is 2.24. The summed E-state index contributed by atoms with van der Waals surface area (Å²) < 4.78 is 26.5. The lowest BCUT2D eigenvalue weighted by Crippen LogP contribution is -2.29. The molecule has 0 aliphatic carbocycles. The summed E-state index contributed by atoms with van der Waals surface area (Å²) in [5.41, 5.74) is 0.207. The minimum Gasteiger partial charge on any atom is -0.352 e. The van der Waals surface area contributed by atoms with Crippen molar-refractivity contribution < 1.29 is 13.2 Å². The maximum Gasteiger partial charge on any atom is 0.252 e. The predicted octanol–water partition coefficient (Wildman–Crippen LogP) is 2.65. The van der Waals surface area contributed by atoms with E-state index in [-0.39, 0.29) is 21.4 Å². The molecule has 1 aromatic rings. The van der Waals surface area contributed by atoms with E-state index in [0.29, 0.717) is 19.6 Å². The first-order valence-corrected chi connectivity index (χ1v) is 9.36. The molecule has 0 unspecified atom stereocenters. The van der Waals surface area contributed by atoms with Gasteiger partial charge in [-0.05, 0) is 37.5 Å². The van der Waals surface area contributed by atoms with E-state index >= 15 is 0 Å². The second-order valence-electron chi connectivity index (χ2n) is 5.36. The van der Waals surface area contributed by atoms with Gasteiger partial charge in [0.25, 0.3) is 5.91 Å². The van der Waals surface area contributed by atoms with Crippen molar-refractivity contribution in [2.45, 2.75) is 37.5 Å². The highest BCUT2D eigenvalue weighted by atomic mass is 35.5. The molecule has 122 valence electrons. The van der Waals surface area contributed by atoms with E-state index < -0.39 is 10.0 Å². The Bertz CT molecular complexity index is 640. The number of benzene rings is 1. The smallest absolute Gasteiger partial charge is 0.252 e. The molecule has 5 nitrogen and oxygen atoms in total. The Kier molecular flexibility index (Phi) is 5.83. The van der Waals surface area contributed by atoms with Gasteiger partial charge in [-0.25, -0.2) is 8.42 Å². The first kappa shape index (κ1) is 17.2. The first-order chi connectivity index (χ1) is 10.5. The highest BCUT2D eigenvalue weighted by Crippen LogP contribution is 2.25. The van der Waals surface area contributed by atoms with Crippen LogP contribution in [0, 0.1) is 0 Å². The van der Waals surface area contributed by atoms with Crippen LogP contribution < -0.4 is 5.32 Å². The van der Waals surface area contributed by atoms with Crippen molar-refractivity contribution in [2.75, 3.05) is 19.6 Å². The summed E-state index contributed by atoms with van der Waals surface area (Å²) >= 11 is 6.04. The van der Waals surface area contributed by atoms with Crippen LogP contribution in [0.5, 0.6) is 0 Å². The number of amides is 1. The van der Waals surface area contributed by atoms with E-state index in [1.54, 1.807) is 0 Å². The standard InChI is InChI=1S/C15H21ClN2O3S/c1-2-3-8-17-15(19)13-11-12(6-7-14(13)16)22(20,21)18-9-4-5-10-18/h6-7,11H,2-5,8-10H2,1H3,(H,17,19). The summed E-state index contributed by atoms with van der Waals surface area (Å²) in [6.07, 6.45) is 3.58. The predicted molar refractivity (Wildman–Crippen MR) is 86.7 cm³/mol. The number of hydrogen-bond acceptors (Lipinski definition) is 3. The Morgan fingerprint density at radius 3 is 2.64 bits per heavy atom. The minimum absolute atomic E-state index is 0.124. The van der Waals surface area contributed by atoms with Crippen LogP contribution in [0.1, 0.15) is 43.0 Å². The van der Waals surface area contributed by atoms with Crippen molar-refractivity contribution in [1.82, 2.24) is 9.62 Å². The summed E-state index contributed by atoms with van der Waals surface area (Å²) in [6, 6.07) is 4.30. The SMILES string of the molecule is CCCCNC(=O)c1cc(S(=O)(=O)N2CCCC2)ccc1Cl. The van der Waals surface area contributed by atoms with E-state index in [2.05, 4.69) is 5.32 Å². The molecule has 1 aliphatic rings. The average Bonchev–Trinajstić information content (AvgIpc) is 3.02. The Morgan fingerprint density at radius 1 is 1.32 bits per heavy atom. The first-order valence-electron chi connectivity index (χ1n) is 7.54. The summed E-state index contributed by atoms with van der Waals surface area (Å²) in [5.74, 6) is -0.336. The summed E-state index contributed by atoms with van der Waals surface area (Å²) in [5, 5.41) is 3.02. The van der Waals surface area contributed by atoms with Gasteiger partial charge in [-0.1, -0.05) is 24.9 Å². The number of carbonyl (C=O) groups is 1. The number of halogens is 1. The molecule has 1 N–H and O–H groups in total. The monoisotopic (exact) mass is 344 g/mol. The lowest BCUT2D eigenvalue weighted by atomic mass is 10.2. The van der Waals surface area contributed by atoms with Gasteiger partial charge in [0.2, 0.25) is 10.0 Å². The molecular weight excluding hydrogens is 324 g/mol. The number of unbranched alkanes of at least 4 members (excludes halogenated alkanes) is 1. The van der Waals surface area contributed by atoms with Crippen LogP contribution >= 0.6 is 11.6 Å². The van der Waals surface area contributed by atoms with Crippen LogP contribution in [0.4, 0.5) is 0 Å². The largest absolute Gasteiger partial charge is 0.352 e. The van der Waals surface area contributed by atoms with E-state index in [1.807, 2.05) is 6.92 Å². The Morgan fingerprint density at radius 2 is 2.00 bits per heavy atom. The Labute approximate surface area is 136 Å². The van der Waals surface area contributed by atoms with Gasteiger partial charge in [0.1, 0.15) is 0 Å².